The lowest BCUT2D eigenvalue weighted by atomic mass is 9.74. The maximum Gasteiger partial charge on any atom is 0.222 e. The number of benzene rings is 2. The second kappa shape index (κ2) is 9.43. The smallest absolute Gasteiger partial charge is 0.222 e. The first-order valence-corrected chi connectivity index (χ1v) is 11.0. The summed E-state index contributed by atoms with van der Waals surface area (Å²) in [5.41, 5.74) is 3.36. The van der Waals surface area contributed by atoms with E-state index in [4.69, 9.17) is 4.42 Å². The number of carbonyl (C=O) groups is 1. The molecule has 0 saturated carbocycles. The minimum atomic E-state index is -0.0666. The van der Waals surface area contributed by atoms with Gasteiger partial charge in [0.15, 0.2) is 0 Å². The van der Waals surface area contributed by atoms with Crippen LogP contribution in [0.25, 0.3) is 0 Å². The summed E-state index contributed by atoms with van der Waals surface area (Å²) in [6.07, 6.45) is 4.03. The highest BCUT2D eigenvalue weighted by atomic mass is 16.4. The predicted molar refractivity (Wildman–Crippen MR) is 121 cm³/mol. The fourth-order valence-electron chi connectivity index (χ4n) is 4.40. The van der Waals surface area contributed by atoms with Crippen LogP contribution in [-0.4, -0.2) is 34.1 Å². The molecular formula is C25H30N4O2. The van der Waals surface area contributed by atoms with Crippen molar-refractivity contribution < 1.29 is 9.21 Å². The maximum atomic E-state index is 11.2. The summed E-state index contributed by atoms with van der Waals surface area (Å²) >= 11 is 0. The summed E-state index contributed by atoms with van der Waals surface area (Å²) in [7, 11) is 0. The zero-order valence-electron chi connectivity index (χ0n) is 18.3. The molecule has 162 valence electrons. The van der Waals surface area contributed by atoms with Gasteiger partial charge in [0.25, 0.3) is 0 Å². The van der Waals surface area contributed by atoms with Crippen LogP contribution < -0.4 is 5.32 Å². The number of amides is 1. The van der Waals surface area contributed by atoms with Gasteiger partial charge in [-0.2, -0.15) is 0 Å². The highest BCUT2D eigenvalue weighted by molar-refractivity contribution is 5.88. The van der Waals surface area contributed by atoms with Gasteiger partial charge in [-0.3, -0.25) is 9.69 Å². The Morgan fingerprint density at radius 2 is 1.74 bits per heavy atom. The Labute approximate surface area is 183 Å². The number of hydrogen-bond donors (Lipinski definition) is 1. The molecule has 0 aliphatic carbocycles. The average Bonchev–Trinajstić information content (AvgIpc) is 3.22. The van der Waals surface area contributed by atoms with E-state index in [1.807, 2.05) is 19.1 Å². The summed E-state index contributed by atoms with van der Waals surface area (Å²) in [5.74, 6) is 1.38. The van der Waals surface area contributed by atoms with E-state index in [-0.39, 0.29) is 11.3 Å². The number of anilines is 1. The molecule has 2 heterocycles. The van der Waals surface area contributed by atoms with E-state index in [1.54, 1.807) is 0 Å². The molecule has 0 unspecified atom stereocenters. The molecular weight excluding hydrogens is 388 g/mol. The van der Waals surface area contributed by atoms with E-state index >= 15 is 0 Å². The van der Waals surface area contributed by atoms with Gasteiger partial charge in [-0.15, -0.1) is 10.2 Å². The molecule has 1 aromatic heterocycles. The fraction of sp³-hybridized carbons (Fsp3) is 0.400. The Bertz CT molecular complexity index is 990. The summed E-state index contributed by atoms with van der Waals surface area (Å²) in [6, 6.07) is 18.7. The van der Waals surface area contributed by atoms with Crippen molar-refractivity contribution in [1.29, 1.82) is 0 Å². The van der Waals surface area contributed by atoms with Crippen LogP contribution in [0.3, 0.4) is 0 Å². The van der Waals surface area contributed by atoms with E-state index in [1.165, 1.54) is 18.1 Å². The number of piperidine rings is 1. The van der Waals surface area contributed by atoms with Crippen molar-refractivity contribution in [3.05, 3.63) is 77.5 Å². The van der Waals surface area contributed by atoms with Gasteiger partial charge in [0.2, 0.25) is 17.7 Å². The third-order valence-electron chi connectivity index (χ3n) is 6.21. The molecule has 0 bridgehead atoms. The van der Waals surface area contributed by atoms with Crippen LogP contribution in [0.1, 0.15) is 49.1 Å². The normalized spacial score (nSPS) is 16.2. The average molecular weight is 419 g/mol. The Morgan fingerprint density at radius 1 is 1.03 bits per heavy atom. The third-order valence-corrected chi connectivity index (χ3v) is 6.21. The first kappa shape index (κ1) is 21.2. The fourth-order valence-corrected chi connectivity index (χ4v) is 4.40. The quantitative estimate of drug-likeness (QED) is 0.612. The van der Waals surface area contributed by atoms with Gasteiger partial charge in [0.05, 0.1) is 5.41 Å². The van der Waals surface area contributed by atoms with Crippen LogP contribution in [-0.2, 0) is 23.2 Å². The van der Waals surface area contributed by atoms with Gasteiger partial charge in [-0.1, -0.05) is 42.5 Å². The second-order valence-corrected chi connectivity index (χ2v) is 8.55. The summed E-state index contributed by atoms with van der Waals surface area (Å²) < 4.78 is 5.94. The van der Waals surface area contributed by atoms with Crippen molar-refractivity contribution in [2.24, 2.45) is 0 Å². The number of likely N-dealkylation sites (tertiary alicyclic amines) is 1. The topological polar surface area (TPSA) is 71.3 Å². The van der Waals surface area contributed by atoms with Crippen LogP contribution in [0.4, 0.5) is 5.69 Å². The first-order chi connectivity index (χ1) is 15.0. The molecule has 31 heavy (non-hydrogen) atoms. The highest BCUT2D eigenvalue weighted by Crippen LogP contribution is 2.39. The molecule has 1 amide bonds. The van der Waals surface area contributed by atoms with Gasteiger partial charge in [0.1, 0.15) is 0 Å². The minimum Gasteiger partial charge on any atom is -0.425 e. The molecule has 2 aromatic carbocycles. The van der Waals surface area contributed by atoms with Crippen LogP contribution in [0.15, 0.2) is 59.0 Å². The number of nitrogens with one attached hydrogen (secondary N) is 1. The Kier molecular flexibility index (Phi) is 6.47. The molecule has 1 aliphatic heterocycles. The van der Waals surface area contributed by atoms with Gasteiger partial charge in [0, 0.05) is 26.1 Å². The third kappa shape index (κ3) is 5.39. The van der Waals surface area contributed by atoms with E-state index < -0.39 is 0 Å². The molecule has 0 spiro atoms. The molecule has 1 fully saturated rings. The zero-order chi connectivity index (χ0) is 21.7. The molecule has 6 heteroatoms. The van der Waals surface area contributed by atoms with Crippen LogP contribution >= 0.6 is 0 Å². The second-order valence-electron chi connectivity index (χ2n) is 8.55. The Balaban J connectivity index is 1.41. The largest absolute Gasteiger partial charge is 0.425 e. The van der Waals surface area contributed by atoms with E-state index in [0.29, 0.717) is 5.89 Å². The van der Waals surface area contributed by atoms with Crippen LogP contribution in [0, 0.1) is 6.92 Å². The molecule has 3 aromatic rings. The Hall–Kier alpha value is -2.99. The lowest BCUT2D eigenvalue weighted by molar-refractivity contribution is -0.114. The van der Waals surface area contributed by atoms with Gasteiger partial charge in [-0.05, 0) is 62.0 Å². The summed E-state index contributed by atoms with van der Waals surface area (Å²) in [6.45, 7) is 6.27. The van der Waals surface area contributed by atoms with E-state index in [2.05, 4.69) is 62.9 Å². The molecule has 0 radical (unpaired) electrons. The van der Waals surface area contributed by atoms with Crippen molar-refractivity contribution in [1.82, 2.24) is 15.1 Å². The molecule has 4 rings (SSSR count). The van der Waals surface area contributed by atoms with Crippen molar-refractivity contribution in [3.63, 3.8) is 0 Å². The van der Waals surface area contributed by atoms with Gasteiger partial charge >= 0.3 is 0 Å². The van der Waals surface area contributed by atoms with Crippen LogP contribution in [0.5, 0.6) is 0 Å². The van der Waals surface area contributed by atoms with Crippen LogP contribution in [0.2, 0.25) is 0 Å². The number of rotatable bonds is 7. The summed E-state index contributed by atoms with van der Waals surface area (Å²) in [4.78, 5) is 13.7. The molecule has 1 saturated heterocycles. The lowest BCUT2D eigenvalue weighted by Gasteiger charge is -2.39. The van der Waals surface area contributed by atoms with Gasteiger partial charge in [-0.25, -0.2) is 0 Å². The molecule has 0 atom stereocenters. The zero-order valence-corrected chi connectivity index (χ0v) is 18.3. The minimum absolute atomic E-state index is 0.0492. The maximum absolute atomic E-state index is 11.2. The number of nitrogens with zero attached hydrogens (tertiary/aromatic N) is 3. The predicted octanol–water partition coefficient (Wildman–Crippen LogP) is 4.50. The first-order valence-electron chi connectivity index (χ1n) is 11.0. The lowest BCUT2D eigenvalue weighted by Crippen LogP contribution is -2.42. The van der Waals surface area contributed by atoms with E-state index in [9.17, 15) is 4.79 Å². The Morgan fingerprint density at radius 3 is 2.35 bits per heavy atom. The molecule has 1 aliphatic rings. The monoisotopic (exact) mass is 418 g/mol. The number of aromatic nitrogens is 2. The van der Waals surface area contributed by atoms with Crippen molar-refractivity contribution in [2.45, 2.75) is 51.5 Å². The SMILES string of the molecule is CC(=O)Nc1ccc(CN2CCC(CCc3ccccc3)(c3nnc(C)o3)CC2)cc1. The molecule has 6 nitrogen and oxygen atoms in total. The van der Waals surface area contributed by atoms with Gasteiger partial charge < -0.3 is 9.73 Å². The standard InChI is InChI=1S/C25H30N4O2/c1-19(30)26-23-10-8-22(9-11-23)18-29-16-14-25(15-17-29,24-28-27-20(2)31-24)13-12-21-6-4-3-5-7-21/h3-11H,12-18H2,1-2H3,(H,26,30). The number of hydrogen-bond acceptors (Lipinski definition) is 5. The summed E-state index contributed by atoms with van der Waals surface area (Å²) in [5, 5.41) is 11.4. The van der Waals surface area contributed by atoms with Crippen molar-refractivity contribution in [3.8, 4) is 0 Å². The van der Waals surface area contributed by atoms with Crippen molar-refractivity contribution in [2.75, 3.05) is 18.4 Å². The number of aryl methyl sites for hydroxylation is 2. The van der Waals surface area contributed by atoms with Crippen molar-refractivity contribution >= 4 is 11.6 Å². The van der Waals surface area contributed by atoms with E-state index in [0.717, 1.165) is 56.9 Å². The highest BCUT2D eigenvalue weighted by Gasteiger charge is 2.40. The number of carbonyl (C=O) groups excluding carboxylic acids is 1. The molecule has 1 N–H and O–H groups in total.